The molecular formula is C31H43NO7. The number of rotatable bonds is 9. The van der Waals surface area contributed by atoms with Crippen LogP contribution in [0.2, 0.25) is 0 Å². The second-order valence-electron chi connectivity index (χ2n) is 11.8. The minimum absolute atomic E-state index is 0.164. The molecule has 2 fully saturated rings. The predicted molar refractivity (Wildman–Crippen MR) is 150 cm³/mol. The van der Waals surface area contributed by atoms with Crippen molar-refractivity contribution in [2.24, 2.45) is 23.2 Å². The Labute approximate surface area is 232 Å². The van der Waals surface area contributed by atoms with Gasteiger partial charge in [-0.1, -0.05) is 20.8 Å². The molecule has 2 aromatic carbocycles. The van der Waals surface area contributed by atoms with Gasteiger partial charge >= 0.3 is 0 Å². The summed E-state index contributed by atoms with van der Waals surface area (Å²) in [6, 6.07) is 7.32. The Morgan fingerprint density at radius 3 is 1.31 bits per heavy atom. The zero-order chi connectivity index (χ0) is 28.5. The van der Waals surface area contributed by atoms with Crippen molar-refractivity contribution >= 4 is 5.78 Å². The fourth-order valence-corrected chi connectivity index (χ4v) is 6.60. The SMILES string of the molecule is COc1cc([C@H]2N[C@@H](c3cc(OC)c(OC)c(OC)c3)[C@@H]3CC(CC(C)(C)C)C[C@H]2C3=O)cc(OC)c1OC. The topological polar surface area (TPSA) is 84.5 Å². The molecular weight excluding hydrogens is 498 g/mol. The number of hydrogen-bond donors (Lipinski definition) is 1. The van der Waals surface area contributed by atoms with Crippen LogP contribution in [-0.2, 0) is 4.79 Å². The van der Waals surface area contributed by atoms with Gasteiger partial charge in [0.05, 0.1) is 42.7 Å². The van der Waals surface area contributed by atoms with E-state index in [9.17, 15) is 4.79 Å². The van der Waals surface area contributed by atoms with Gasteiger partial charge < -0.3 is 33.7 Å². The summed E-state index contributed by atoms with van der Waals surface area (Å²) in [5.74, 6) is 3.69. The Morgan fingerprint density at radius 1 is 0.667 bits per heavy atom. The molecule has 0 aromatic heterocycles. The molecule has 39 heavy (non-hydrogen) atoms. The van der Waals surface area contributed by atoms with Gasteiger partial charge in [-0.2, -0.15) is 0 Å². The van der Waals surface area contributed by atoms with Crippen molar-refractivity contribution in [3.05, 3.63) is 35.4 Å². The number of nitrogens with one attached hydrogen (secondary N) is 1. The van der Waals surface area contributed by atoms with Crippen molar-refractivity contribution in [2.75, 3.05) is 42.7 Å². The van der Waals surface area contributed by atoms with E-state index in [1.54, 1.807) is 42.7 Å². The summed E-state index contributed by atoms with van der Waals surface area (Å²) >= 11 is 0. The summed E-state index contributed by atoms with van der Waals surface area (Å²) in [4.78, 5) is 14.1. The van der Waals surface area contributed by atoms with Crippen molar-refractivity contribution in [3.8, 4) is 34.5 Å². The van der Waals surface area contributed by atoms with E-state index in [1.165, 1.54) is 0 Å². The van der Waals surface area contributed by atoms with E-state index in [4.69, 9.17) is 28.4 Å². The summed E-state index contributed by atoms with van der Waals surface area (Å²) in [5, 5.41) is 3.86. The number of ether oxygens (including phenoxy) is 6. The number of ketones is 1. The molecule has 1 aliphatic carbocycles. The Kier molecular flexibility index (Phi) is 8.54. The molecule has 0 radical (unpaired) electrons. The van der Waals surface area contributed by atoms with Crippen LogP contribution in [0.25, 0.3) is 0 Å². The van der Waals surface area contributed by atoms with Crippen molar-refractivity contribution in [3.63, 3.8) is 0 Å². The molecule has 0 amide bonds. The quantitative estimate of drug-likeness (QED) is 0.428. The van der Waals surface area contributed by atoms with E-state index in [0.29, 0.717) is 40.4 Å². The van der Waals surface area contributed by atoms with Gasteiger partial charge in [0.15, 0.2) is 23.0 Å². The molecule has 1 heterocycles. The molecule has 2 aliphatic rings. The maximum atomic E-state index is 14.1. The third kappa shape index (κ3) is 5.62. The lowest BCUT2D eigenvalue weighted by molar-refractivity contribution is -0.137. The van der Waals surface area contributed by atoms with E-state index >= 15 is 0 Å². The molecule has 1 N–H and O–H groups in total. The maximum absolute atomic E-state index is 14.1. The highest BCUT2D eigenvalue weighted by atomic mass is 16.5. The van der Waals surface area contributed by atoms with Crippen LogP contribution in [0.5, 0.6) is 34.5 Å². The van der Waals surface area contributed by atoms with E-state index in [1.807, 2.05) is 24.3 Å². The highest BCUT2D eigenvalue weighted by Crippen LogP contribution is 2.53. The van der Waals surface area contributed by atoms with Crippen LogP contribution in [0.1, 0.15) is 63.2 Å². The largest absolute Gasteiger partial charge is 0.493 e. The smallest absolute Gasteiger partial charge is 0.203 e. The fourth-order valence-electron chi connectivity index (χ4n) is 6.60. The molecule has 1 saturated carbocycles. The number of benzene rings is 2. The van der Waals surface area contributed by atoms with E-state index in [2.05, 4.69) is 26.1 Å². The predicted octanol–water partition coefficient (Wildman–Crippen LogP) is 5.77. The molecule has 214 valence electrons. The number of fused-ring (bicyclic) bond motifs is 2. The van der Waals surface area contributed by atoms with Gasteiger partial charge in [0.2, 0.25) is 11.5 Å². The van der Waals surface area contributed by atoms with Gasteiger partial charge in [0.1, 0.15) is 5.78 Å². The lowest BCUT2D eigenvalue weighted by atomic mass is 9.62. The fraction of sp³-hybridized carbons (Fsp3) is 0.581. The Morgan fingerprint density at radius 2 is 1.03 bits per heavy atom. The third-order valence-corrected chi connectivity index (χ3v) is 8.06. The van der Waals surface area contributed by atoms with Crippen LogP contribution in [0.15, 0.2) is 24.3 Å². The molecule has 2 bridgehead atoms. The molecule has 1 unspecified atom stereocenters. The minimum atomic E-state index is -0.241. The number of methoxy groups -OCH3 is 6. The summed E-state index contributed by atoms with van der Waals surface area (Å²) in [5.41, 5.74) is 2.02. The molecule has 5 atom stereocenters. The van der Waals surface area contributed by atoms with Crippen LogP contribution >= 0.6 is 0 Å². The number of carbonyl (C=O) groups excluding carboxylic acids is 1. The second-order valence-corrected chi connectivity index (χ2v) is 11.8. The van der Waals surface area contributed by atoms with Gasteiger partial charge in [-0.3, -0.25) is 4.79 Å². The highest BCUT2D eigenvalue weighted by molar-refractivity contribution is 5.87. The lowest BCUT2D eigenvalue weighted by Gasteiger charge is -2.48. The Hall–Kier alpha value is -3.13. The zero-order valence-electron chi connectivity index (χ0n) is 24.7. The average molecular weight is 542 g/mol. The van der Waals surface area contributed by atoms with Gasteiger partial charge in [-0.25, -0.2) is 0 Å². The average Bonchev–Trinajstić information content (AvgIpc) is 2.91. The summed E-state index contributed by atoms with van der Waals surface area (Å²) in [6.45, 7) is 6.81. The van der Waals surface area contributed by atoms with Gasteiger partial charge in [0, 0.05) is 23.9 Å². The molecule has 8 heteroatoms. The van der Waals surface area contributed by atoms with Crippen LogP contribution in [-0.4, -0.2) is 48.4 Å². The van der Waals surface area contributed by atoms with Crippen LogP contribution in [0.3, 0.4) is 0 Å². The monoisotopic (exact) mass is 541 g/mol. The minimum Gasteiger partial charge on any atom is -0.493 e. The van der Waals surface area contributed by atoms with Crippen LogP contribution < -0.4 is 33.7 Å². The number of carbonyl (C=O) groups is 1. The van der Waals surface area contributed by atoms with Crippen LogP contribution in [0, 0.1) is 23.2 Å². The number of Topliss-reactive ketones (excluding diaryl/α,β-unsaturated/α-hetero) is 1. The molecule has 0 spiro atoms. The van der Waals surface area contributed by atoms with Crippen molar-refractivity contribution in [1.82, 2.24) is 5.32 Å². The lowest BCUT2D eigenvalue weighted by Crippen LogP contribution is -2.52. The summed E-state index contributed by atoms with van der Waals surface area (Å²) in [7, 11) is 9.60. The first kappa shape index (κ1) is 28.9. The highest BCUT2D eigenvalue weighted by Gasteiger charge is 2.50. The molecule has 8 nitrogen and oxygen atoms in total. The van der Waals surface area contributed by atoms with E-state index in [-0.39, 0.29) is 35.1 Å². The van der Waals surface area contributed by atoms with Gasteiger partial charge in [-0.15, -0.1) is 0 Å². The number of piperidine rings is 1. The van der Waals surface area contributed by atoms with E-state index in [0.717, 1.165) is 30.4 Å². The molecule has 1 aliphatic heterocycles. The molecule has 4 rings (SSSR count). The van der Waals surface area contributed by atoms with Gasteiger partial charge in [0.25, 0.3) is 0 Å². The second kappa shape index (κ2) is 11.5. The third-order valence-electron chi connectivity index (χ3n) is 8.06. The van der Waals surface area contributed by atoms with E-state index < -0.39 is 0 Å². The van der Waals surface area contributed by atoms with Crippen LogP contribution in [0.4, 0.5) is 0 Å². The zero-order valence-corrected chi connectivity index (χ0v) is 24.7. The number of hydrogen-bond acceptors (Lipinski definition) is 8. The summed E-state index contributed by atoms with van der Waals surface area (Å²) < 4.78 is 33.8. The molecule has 1 saturated heterocycles. The maximum Gasteiger partial charge on any atom is 0.203 e. The Balaban J connectivity index is 1.85. The Bertz CT molecular complexity index is 1060. The first-order valence-electron chi connectivity index (χ1n) is 13.5. The van der Waals surface area contributed by atoms with Crippen molar-refractivity contribution in [1.29, 1.82) is 0 Å². The first-order chi connectivity index (χ1) is 18.6. The van der Waals surface area contributed by atoms with Crippen molar-refractivity contribution < 1.29 is 33.2 Å². The standard InChI is InChI=1S/C31H43NO7/c1-31(2,3)16-17-10-20-26(18-12-22(34-4)29(38-8)23(13-18)35-5)32-27(21(11-17)28(20)33)19-14-24(36-6)30(39-9)25(15-19)37-7/h12-15,17,20-21,26-27,32H,10-11,16H2,1-9H3/t17?,20-,21+,26-,27+. The first-order valence-corrected chi connectivity index (χ1v) is 13.5. The van der Waals surface area contributed by atoms with Gasteiger partial charge in [-0.05, 0) is 66.0 Å². The molecule has 2 aromatic rings. The summed E-state index contributed by atoms with van der Waals surface area (Å²) in [6.07, 6.45) is 2.73. The van der Waals surface area contributed by atoms with Crippen molar-refractivity contribution in [2.45, 2.75) is 52.1 Å². The normalized spacial score (nSPS) is 24.6.